The molecule has 0 amide bonds. The summed E-state index contributed by atoms with van der Waals surface area (Å²) in [7, 11) is 1.65. The SMILES string of the molecule is CCCCOC[C@H]1O[C@@H](c2cc(C=O)cc(COC)c2)[C@H](OCCCC)[C@@H](OCCCC)[C@@H]1OCCCC. The second-order valence-electron chi connectivity index (χ2n) is 10.1. The summed E-state index contributed by atoms with van der Waals surface area (Å²) < 4.78 is 37.8. The van der Waals surface area contributed by atoms with E-state index in [1.807, 2.05) is 18.2 Å². The highest BCUT2D eigenvalue weighted by Gasteiger charge is 2.48. The molecule has 1 aromatic rings. The summed E-state index contributed by atoms with van der Waals surface area (Å²) in [4.78, 5) is 11.8. The van der Waals surface area contributed by atoms with Gasteiger partial charge in [0.15, 0.2) is 0 Å². The van der Waals surface area contributed by atoms with E-state index in [2.05, 4.69) is 27.7 Å². The molecule has 38 heavy (non-hydrogen) atoms. The average Bonchev–Trinajstić information content (AvgIpc) is 2.93. The van der Waals surface area contributed by atoms with Gasteiger partial charge in [0, 0.05) is 39.1 Å². The monoisotopic (exact) mass is 536 g/mol. The lowest BCUT2D eigenvalue weighted by Crippen LogP contribution is -2.58. The number of carbonyl (C=O) groups is 1. The number of carbonyl (C=O) groups excluding carboxylic acids is 1. The maximum Gasteiger partial charge on any atom is 0.150 e. The first-order valence-electron chi connectivity index (χ1n) is 14.8. The van der Waals surface area contributed by atoms with Gasteiger partial charge in [0.05, 0.1) is 13.2 Å². The third kappa shape index (κ3) is 10.7. The number of benzene rings is 1. The van der Waals surface area contributed by atoms with E-state index in [1.165, 1.54) is 0 Å². The number of methoxy groups -OCH3 is 1. The molecule has 1 aliphatic rings. The molecule has 5 atom stereocenters. The van der Waals surface area contributed by atoms with Crippen LogP contribution in [0.3, 0.4) is 0 Å². The fourth-order valence-corrected chi connectivity index (χ4v) is 4.66. The van der Waals surface area contributed by atoms with Gasteiger partial charge in [-0.05, 0) is 48.9 Å². The maximum atomic E-state index is 11.8. The smallest absolute Gasteiger partial charge is 0.150 e. The molecule has 1 saturated heterocycles. The zero-order valence-electron chi connectivity index (χ0n) is 24.5. The van der Waals surface area contributed by atoms with Crippen LogP contribution in [0.2, 0.25) is 0 Å². The normalized spacial score (nSPS) is 23.6. The van der Waals surface area contributed by atoms with Crippen LogP contribution in [-0.2, 0) is 35.0 Å². The van der Waals surface area contributed by atoms with Gasteiger partial charge in [-0.2, -0.15) is 0 Å². The van der Waals surface area contributed by atoms with Crippen molar-refractivity contribution in [2.45, 2.75) is 116 Å². The summed E-state index contributed by atoms with van der Waals surface area (Å²) >= 11 is 0. The van der Waals surface area contributed by atoms with Crippen LogP contribution in [0, 0.1) is 0 Å². The van der Waals surface area contributed by atoms with E-state index in [-0.39, 0.29) is 24.4 Å². The van der Waals surface area contributed by atoms with E-state index in [0.717, 1.165) is 68.8 Å². The molecule has 1 aliphatic heterocycles. The first kappa shape index (κ1) is 32.9. The number of ether oxygens (including phenoxy) is 6. The third-order valence-corrected chi connectivity index (χ3v) is 6.80. The highest BCUT2D eigenvalue weighted by Crippen LogP contribution is 2.38. The van der Waals surface area contributed by atoms with Gasteiger partial charge in [-0.25, -0.2) is 0 Å². The Morgan fingerprint density at radius 2 is 1.34 bits per heavy atom. The van der Waals surface area contributed by atoms with Crippen molar-refractivity contribution in [1.29, 1.82) is 0 Å². The van der Waals surface area contributed by atoms with Crippen molar-refractivity contribution in [2.24, 2.45) is 0 Å². The predicted octanol–water partition coefficient (Wildman–Crippen LogP) is 6.46. The quantitative estimate of drug-likeness (QED) is 0.132. The molecule has 2 rings (SSSR count). The van der Waals surface area contributed by atoms with E-state index in [4.69, 9.17) is 28.4 Å². The summed E-state index contributed by atoms with van der Waals surface area (Å²) in [5.74, 6) is 0. The van der Waals surface area contributed by atoms with Crippen LogP contribution in [0.1, 0.15) is 107 Å². The van der Waals surface area contributed by atoms with E-state index < -0.39 is 6.10 Å². The molecule has 0 aromatic heterocycles. The van der Waals surface area contributed by atoms with Crippen molar-refractivity contribution >= 4 is 6.29 Å². The minimum absolute atomic E-state index is 0.310. The molecule has 0 unspecified atom stereocenters. The van der Waals surface area contributed by atoms with Crippen LogP contribution in [0.25, 0.3) is 0 Å². The fourth-order valence-electron chi connectivity index (χ4n) is 4.66. The molecule has 218 valence electrons. The number of hydrogen-bond acceptors (Lipinski definition) is 7. The molecular formula is C31H52O7. The van der Waals surface area contributed by atoms with Gasteiger partial charge in [0.2, 0.25) is 0 Å². The first-order chi connectivity index (χ1) is 18.6. The largest absolute Gasteiger partial charge is 0.380 e. The van der Waals surface area contributed by atoms with Crippen LogP contribution in [0.4, 0.5) is 0 Å². The molecule has 0 radical (unpaired) electrons. The molecular weight excluding hydrogens is 484 g/mol. The van der Waals surface area contributed by atoms with Crippen LogP contribution >= 0.6 is 0 Å². The molecule has 0 saturated carbocycles. The Morgan fingerprint density at radius 3 is 1.92 bits per heavy atom. The van der Waals surface area contributed by atoms with Crippen molar-refractivity contribution in [2.75, 3.05) is 40.1 Å². The van der Waals surface area contributed by atoms with Gasteiger partial charge in [-0.1, -0.05) is 59.4 Å². The van der Waals surface area contributed by atoms with Crippen molar-refractivity contribution in [1.82, 2.24) is 0 Å². The van der Waals surface area contributed by atoms with Crippen molar-refractivity contribution in [3.05, 3.63) is 34.9 Å². The Balaban J connectivity index is 2.49. The van der Waals surface area contributed by atoms with Gasteiger partial charge < -0.3 is 28.4 Å². The molecule has 1 fully saturated rings. The van der Waals surface area contributed by atoms with E-state index in [9.17, 15) is 4.79 Å². The van der Waals surface area contributed by atoms with Crippen LogP contribution in [-0.4, -0.2) is 70.8 Å². The minimum atomic E-state index is -0.431. The summed E-state index contributed by atoms with van der Waals surface area (Å²) in [5, 5.41) is 0. The lowest BCUT2D eigenvalue weighted by atomic mass is 9.89. The lowest BCUT2D eigenvalue weighted by molar-refractivity contribution is -0.268. The molecule has 0 aliphatic carbocycles. The number of hydrogen-bond donors (Lipinski definition) is 0. The fraction of sp³-hybridized carbons (Fsp3) is 0.774. The predicted molar refractivity (Wildman–Crippen MR) is 150 cm³/mol. The lowest BCUT2D eigenvalue weighted by Gasteiger charge is -2.46. The molecule has 1 aromatic carbocycles. The first-order valence-corrected chi connectivity index (χ1v) is 14.8. The topological polar surface area (TPSA) is 72.5 Å². The zero-order chi connectivity index (χ0) is 27.6. The molecule has 7 heteroatoms. The van der Waals surface area contributed by atoms with Crippen LogP contribution in [0.15, 0.2) is 18.2 Å². The van der Waals surface area contributed by atoms with E-state index >= 15 is 0 Å². The van der Waals surface area contributed by atoms with Crippen molar-refractivity contribution in [3.8, 4) is 0 Å². The molecule has 7 nitrogen and oxygen atoms in total. The van der Waals surface area contributed by atoms with E-state index in [0.29, 0.717) is 45.2 Å². The Bertz CT molecular complexity index is 756. The Kier molecular flexibility index (Phi) is 17.0. The van der Waals surface area contributed by atoms with Crippen LogP contribution < -0.4 is 0 Å². The second kappa shape index (κ2) is 19.7. The highest BCUT2D eigenvalue weighted by molar-refractivity contribution is 5.75. The summed E-state index contributed by atoms with van der Waals surface area (Å²) in [6.45, 7) is 12.0. The zero-order valence-corrected chi connectivity index (χ0v) is 24.5. The van der Waals surface area contributed by atoms with Gasteiger partial charge in [-0.15, -0.1) is 0 Å². The Morgan fingerprint density at radius 1 is 0.763 bits per heavy atom. The maximum absolute atomic E-state index is 11.8. The van der Waals surface area contributed by atoms with E-state index in [1.54, 1.807) is 7.11 Å². The molecule has 0 spiro atoms. The summed E-state index contributed by atoms with van der Waals surface area (Å²) in [6, 6.07) is 5.80. The molecule has 0 N–H and O–H groups in total. The summed E-state index contributed by atoms with van der Waals surface area (Å²) in [5.41, 5.74) is 2.40. The second-order valence-corrected chi connectivity index (χ2v) is 10.1. The minimum Gasteiger partial charge on any atom is -0.380 e. The Labute approximate surface area is 230 Å². The van der Waals surface area contributed by atoms with Gasteiger partial charge >= 0.3 is 0 Å². The molecule has 0 bridgehead atoms. The standard InChI is InChI=1S/C31H52O7/c1-6-10-14-34-23-27-29(35-15-11-7-2)31(37-17-13-9-4)30(36-16-12-8-3)28(38-27)26-19-24(21-32)18-25(20-26)22-33-5/h18-21,27-31H,6-17,22-23H2,1-5H3/t27-,28+,29-,30+,31+/m1/s1. The van der Waals surface area contributed by atoms with Gasteiger partial charge in [0.25, 0.3) is 0 Å². The van der Waals surface area contributed by atoms with Crippen LogP contribution in [0.5, 0.6) is 0 Å². The average molecular weight is 537 g/mol. The highest BCUT2D eigenvalue weighted by atomic mass is 16.6. The molecule has 1 heterocycles. The van der Waals surface area contributed by atoms with Gasteiger partial charge in [-0.3, -0.25) is 4.79 Å². The van der Waals surface area contributed by atoms with Crippen molar-refractivity contribution < 1.29 is 33.2 Å². The Hall–Kier alpha value is -1.35. The summed E-state index contributed by atoms with van der Waals surface area (Å²) in [6.07, 6.45) is 7.17. The van der Waals surface area contributed by atoms with Gasteiger partial charge in [0.1, 0.15) is 36.8 Å². The van der Waals surface area contributed by atoms with Crippen molar-refractivity contribution in [3.63, 3.8) is 0 Å². The number of aldehydes is 1. The number of unbranched alkanes of at least 4 members (excludes halogenated alkanes) is 4. The third-order valence-electron chi connectivity index (χ3n) is 6.80. The number of rotatable bonds is 21.